The number of rotatable bonds is 7. The van der Waals surface area contributed by atoms with Crippen LogP contribution >= 0.6 is 0 Å². The summed E-state index contributed by atoms with van der Waals surface area (Å²) in [5.41, 5.74) is 0.772. The van der Waals surface area contributed by atoms with Gasteiger partial charge in [-0.2, -0.15) is 0 Å². The van der Waals surface area contributed by atoms with Crippen LogP contribution in [0.2, 0.25) is 0 Å². The van der Waals surface area contributed by atoms with Gasteiger partial charge in [0.1, 0.15) is 11.5 Å². The van der Waals surface area contributed by atoms with Crippen LogP contribution in [-0.4, -0.2) is 38.6 Å². The Labute approximate surface area is 129 Å². The van der Waals surface area contributed by atoms with Gasteiger partial charge in [-0.15, -0.1) is 0 Å². The quantitative estimate of drug-likeness (QED) is 0.740. The first kappa shape index (κ1) is 15.9. The molecule has 1 fully saturated rings. The number of benzene rings is 1. The second kappa shape index (κ2) is 7.49. The lowest BCUT2D eigenvalue weighted by Gasteiger charge is -2.06. The summed E-state index contributed by atoms with van der Waals surface area (Å²) in [4.78, 5) is 23.1. The van der Waals surface area contributed by atoms with Crippen LogP contribution in [0.1, 0.15) is 18.4 Å². The third-order valence-corrected chi connectivity index (χ3v) is 3.17. The molecular weight excluding hydrogens is 284 g/mol. The van der Waals surface area contributed by atoms with Gasteiger partial charge in [-0.25, -0.2) is 0 Å². The van der Waals surface area contributed by atoms with E-state index >= 15 is 0 Å². The molecule has 0 aromatic heterocycles. The summed E-state index contributed by atoms with van der Waals surface area (Å²) in [6.07, 6.45) is 5.06. The topological polar surface area (TPSA) is 76.7 Å². The molecule has 0 radical (unpaired) electrons. The van der Waals surface area contributed by atoms with Crippen LogP contribution < -0.4 is 20.1 Å². The fraction of sp³-hybridized carbons (Fsp3) is 0.375. The van der Waals surface area contributed by atoms with Gasteiger partial charge in [0.2, 0.25) is 11.8 Å². The fourth-order valence-corrected chi connectivity index (χ4v) is 1.83. The normalized spacial score (nSPS) is 13.7. The van der Waals surface area contributed by atoms with E-state index in [1.807, 2.05) is 0 Å². The van der Waals surface area contributed by atoms with E-state index in [1.54, 1.807) is 38.5 Å². The maximum Gasteiger partial charge on any atom is 0.244 e. The van der Waals surface area contributed by atoms with Gasteiger partial charge in [0.15, 0.2) is 0 Å². The van der Waals surface area contributed by atoms with Crippen LogP contribution in [-0.2, 0) is 9.59 Å². The van der Waals surface area contributed by atoms with Crippen molar-refractivity contribution in [2.75, 3.05) is 20.8 Å². The van der Waals surface area contributed by atoms with Crippen LogP contribution in [0.5, 0.6) is 11.5 Å². The molecule has 0 saturated heterocycles. The first-order valence-electron chi connectivity index (χ1n) is 7.09. The van der Waals surface area contributed by atoms with Gasteiger partial charge in [-0.3, -0.25) is 9.59 Å². The summed E-state index contributed by atoms with van der Waals surface area (Å²) in [7, 11) is 3.13. The Bertz CT molecular complexity index is 557. The summed E-state index contributed by atoms with van der Waals surface area (Å²) < 4.78 is 10.3. The number of nitrogens with one attached hydrogen (secondary N) is 2. The smallest absolute Gasteiger partial charge is 0.244 e. The summed E-state index contributed by atoms with van der Waals surface area (Å²) in [6, 6.07) is 5.61. The van der Waals surface area contributed by atoms with Crippen LogP contribution in [0.15, 0.2) is 24.3 Å². The van der Waals surface area contributed by atoms with Crippen molar-refractivity contribution in [3.63, 3.8) is 0 Å². The zero-order valence-corrected chi connectivity index (χ0v) is 12.7. The molecule has 6 nitrogen and oxygen atoms in total. The number of ether oxygens (including phenoxy) is 2. The molecule has 2 rings (SSSR count). The Balaban J connectivity index is 1.86. The summed E-state index contributed by atoms with van der Waals surface area (Å²) >= 11 is 0. The standard InChI is InChI=1S/C16H20N2O4/c1-21-13-7-11(8-14(9-13)22-2)3-6-15(19)17-10-16(20)18-12-4-5-12/h3,6-9,12H,4-5,10H2,1-2H3,(H,17,19)(H,18,20)/b6-3+. The van der Waals surface area contributed by atoms with Gasteiger partial charge in [-0.05, 0) is 36.6 Å². The molecule has 22 heavy (non-hydrogen) atoms. The molecule has 1 aliphatic carbocycles. The molecule has 118 valence electrons. The van der Waals surface area contributed by atoms with Crippen molar-refractivity contribution < 1.29 is 19.1 Å². The summed E-state index contributed by atoms with van der Waals surface area (Å²) in [5.74, 6) is 0.798. The highest BCUT2D eigenvalue weighted by atomic mass is 16.5. The third-order valence-electron chi connectivity index (χ3n) is 3.17. The minimum Gasteiger partial charge on any atom is -0.497 e. The third kappa shape index (κ3) is 5.12. The molecule has 1 saturated carbocycles. The number of hydrogen-bond acceptors (Lipinski definition) is 4. The highest BCUT2D eigenvalue weighted by Crippen LogP contribution is 2.23. The molecule has 0 unspecified atom stereocenters. The average molecular weight is 304 g/mol. The van der Waals surface area contributed by atoms with Gasteiger partial charge in [0.25, 0.3) is 0 Å². The van der Waals surface area contributed by atoms with Crippen LogP contribution in [0, 0.1) is 0 Å². The molecule has 2 N–H and O–H groups in total. The van der Waals surface area contributed by atoms with E-state index in [0.29, 0.717) is 17.5 Å². The molecule has 1 aromatic rings. The van der Waals surface area contributed by atoms with Crippen molar-refractivity contribution >= 4 is 17.9 Å². The van der Waals surface area contributed by atoms with Crippen molar-refractivity contribution in [2.24, 2.45) is 0 Å². The fourth-order valence-electron chi connectivity index (χ4n) is 1.83. The van der Waals surface area contributed by atoms with Gasteiger partial charge < -0.3 is 20.1 Å². The largest absolute Gasteiger partial charge is 0.497 e. The number of hydrogen-bond donors (Lipinski definition) is 2. The molecule has 6 heteroatoms. The number of carbonyl (C=O) groups excluding carboxylic acids is 2. The minimum atomic E-state index is -0.326. The van der Waals surface area contributed by atoms with Crippen molar-refractivity contribution in [1.29, 1.82) is 0 Å². The first-order valence-corrected chi connectivity index (χ1v) is 7.09. The van der Waals surface area contributed by atoms with Crippen molar-refractivity contribution in [3.8, 4) is 11.5 Å². The first-order chi connectivity index (χ1) is 10.6. The maximum absolute atomic E-state index is 11.7. The van der Waals surface area contributed by atoms with Crippen LogP contribution in [0.4, 0.5) is 0 Å². The number of amides is 2. The number of methoxy groups -OCH3 is 2. The predicted molar refractivity (Wildman–Crippen MR) is 82.8 cm³/mol. The average Bonchev–Trinajstić information content (AvgIpc) is 3.34. The predicted octanol–water partition coefficient (Wildman–Crippen LogP) is 1.11. The van der Waals surface area contributed by atoms with Gasteiger partial charge in [0, 0.05) is 18.2 Å². The van der Waals surface area contributed by atoms with E-state index in [9.17, 15) is 9.59 Å². The second-order valence-electron chi connectivity index (χ2n) is 5.04. The lowest BCUT2D eigenvalue weighted by molar-refractivity contribution is -0.124. The van der Waals surface area contributed by atoms with E-state index in [2.05, 4.69) is 10.6 Å². The lowest BCUT2D eigenvalue weighted by Crippen LogP contribution is -2.37. The Hall–Kier alpha value is -2.50. The molecule has 0 aliphatic heterocycles. The molecule has 0 spiro atoms. The SMILES string of the molecule is COc1cc(/C=C/C(=O)NCC(=O)NC2CC2)cc(OC)c1. The number of carbonyl (C=O) groups is 2. The van der Waals surface area contributed by atoms with Crippen molar-refractivity contribution in [3.05, 3.63) is 29.8 Å². The van der Waals surface area contributed by atoms with E-state index in [1.165, 1.54) is 6.08 Å². The molecule has 0 atom stereocenters. The molecule has 0 bridgehead atoms. The summed E-state index contributed by atoms with van der Waals surface area (Å²) in [5, 5.41) is 5.35. The Morgan fingerprint density at radius 2 is 1.82 bits per heavy atom. The zero-order valence-electron chi connectivity index (χ0n) is 12.7. The van der Waals surface area contributed by atoms with Crippen molar-refractivity contribution in [2.45, 2.75) is 18.9 Å². The highest BCUT2D eigenvalue weighted by Gasteiger charge is 2.22. The molecular formula is C16H20N2O4. The minimum absolute atomic E-state index is 0.0128. The van der Waals surface area contributed by atoms with E-state index in [4.69, 9.17) is 9.47 Å². The molecule has 2 amide bonds. The molecule has 1 aliphatic rings. The van der Waals surface area contributed by atoms with Gasteiger partial charge >= 0.3 is 0 Å². The second-order valence-corrected chi connectivity index (χ2v) is 5.04. The van der Waals surface area contributed by atoms with E-state index < -0.39 is 0 Å². The monoisotopic (exact) mass is 304 g/mol. The zero-order chi connectivity index (χ0) is 15.9. The Kier molecular flexibility index (Phi) is 5.41. The highest BCUT2D eigenvalue weighted by molar-refractivity contribution is 5.94. The van der Waals surface area contributed by atoms with Crippen LogP contribution in [0.3, 0.4) is 0 Å². The molecule has 0 heterocycles. The Morgan fingerprint density at radius 3 is 2.36 bits per heavy atom. The maximum atomic E-state index is 11.7. The molecule has 1 aromatic carbocycles. The lowest BCUT2D eigenvalue weighted by atomic mass is 10.2. The Morgan fingerprint density at radius 1 is 1.18 bits per heavy atom. The van der Waals surface area contributed by atoms with E-state index in [-0.39, 0.29) is 18.4 Å². The van der Waals surface area contributed by atoms with Gasteiger partial charge in [0.05, 0.1) is 20.8 Å². The van der Waals surface area contributed by atoms with Crippen molar-refractivity contribution in [1.82, 2.24) is 10.6 Å². The van der Waals surface area contributed by atoms with Gasteiger partial charge in [-0.1, -0.05) is 0 Å². The summed E-state index contributed by atoms with van der Waals surface area (Å²) in [6.45, 7) is -0.0128. The van der Waals surface area contributed by atoms with E-state index in [0.717, 1.165) is 18.4 Å². The van der Waals surface area contributed by atoms with Crippen LogP contribution in [0.25, 0.3) is 6.08 Å².